The number of benzene rings is 1. The highest BCUT2D eigenvalue weighted by Crippen LogP contribution is 2.26. The molecule has 28 heavy (non-hydrogen) atoms. The number of nitrogens with zero attached hydrogens (tertiary/aromatic N) is 3. The molecule has 0 bridgehead atoms. The van der Waals surface area contributed by atoms with Gasteiger partial charge in [-0.05, 0) is 43.4 Å². The van der Waals surface area contributed by atoms with E-state index in [9.17, 15) is 13.2 Å². The number of nitrogens with one attached hydrogen (secondary N) is 2. The molecule has 8 nitrogen and oxygen atoms in total. The number of anilines is 2. The normalized spacial score (nSPS) is 18.7. The minimum absolute atomic E-state index is 0.153. The molecule has 2 aromatic rings. The minimum Gasteiger partial charge on any atom is -0.371 e. The molecular formula is C18H25N5O3S2. The van der Waals surface area contributed by atoms with Gasteiger partial charge < -0.3 is 10.2 Å². The molecule has 2 unspecified atom stereocenters. The van der Waals surface area contributed by atoms with Gasteiger partial charge in [0.15, 0.2) is 0 Å². The first-order valence-electron chi connectivity index (χ1n) is 9.23. The van der Waals surface area contributed by atoms with Crippen LogP contribution >= 0.6 is 11.3 Å². The first kappa shape index (κ1) is 20.7. The SMILES string of the molecule is CC(=O)Nc1nnc(S(=O)(=O)NC(C)c2ccc(N3CCCC(C)C3)cc2)s1. The van der Waals surface area contributed by atoms with Crippen LogP contribution in [0.15, 0.2) is 28.6 Å². The highest BCUT2D eigenvalue weighted by Gasteiger charge is 2.24. The Labute approximate surface area is 169 Å². The molecule has 1 aliphatic rings. The van der Waals surface area contributed by atoms with Crippen LogP contribution in [0, 0.1) is 5.92 Å². The zero-order valence-electron chi connectivity index (χ0n) is 16.2. The van der Waals surface area contributed by atoms with Gasteiger partial charge >= 0.3 is 0 Å². The Morgan fingerprint density at radius 3 is 2.64 bits per heavy atom. The van der Waals surface area contributed by atoms with Crippen LogP contribution in [-0.2, 0) is 14.8 Å². The zero-order valence-corrected chi connectivity index (χ0v) is 17.8. The van der Waals surface area contributed by atoms with Crippen molar-refractivity contribution in [1.82, 2.24) is 14.9 Å². The second-order valence-electron chi connectivity index (χ2n) is 7.18. The Balaban J connectivity index is 1.67. The number of aromatic nitrogens is 2. The fourth-order valence-corrected chi connectivity index (χ4v) is 5.46. The van der Waals surface area contributed by atoms with E-state index in [0.29, 0.717) is 5.92 Å². The van der Waals surface area contributed by atoms with Crippen LogP contribution in [0.1, 0.15) is 45.2 Å². The average Bonchev–Trinajstić information content (AvgIpc) is 3.10. The van der Waals surface area contributed by atoms with Crippen LogP contribution in [0.25, 0.3) is 0 Å². The van der Waals surface area contributed by atoms with Crippen molar-refractivity contribution in [2.24, 2.45) is 5.92 Å². The van der Waals surface area contributed by atoms with Crippen LogP contribution in [-0.4, -0.2) is 37.6 Å². The van der Waals surface area contributed by atoms with Gasteiger partial charge in [0.05, 0.1) is 0 Å². The van der Waals surface area contributed by atoms with Gasteiger partial charge in [-0.15, -0.1) is 10.2 Å². The third-order valence-electron chi connectivity index (χ3n) is 4.67. The summed E-state index contributed by atoms with van der Waals surface area (Å²) < 4.78 is 27.5. The van der Waals surface area contributed by atoms with E-state index in [4.69, 9.17) is 0 Å². The standard InChI is InChI=1S/C18H25N5O3S2/c1-12-5-4-10-23(11-12)16-8-6-15(7-9-16)13(2)22-28(25,26)18-21-20-17(27-18)19-14(3)24/h6-9,12-13,22H,4-5,10-11H2,1-3H3,(H,19,20,24). The van der Waals surface area contributed by atoms with Gasteiger partial charge in [-0.1, -0.05) is 30.4 Å². The summed E-state index contributed by atoms with van der Waals surface area (Å²) >= 11 is 0.815. The molecule has 0 spiro atoms. The van der Waals surface area contributed by atoms with E-state index in [1.807, 2.05) is 24.3 Å². The topological polar surface area (TPSA) is 104 Å². The van der Waals surface area contributed by atoms with Gasteiger partial charge in [-0.2, -0.15) is 0 Å². The summed E-state index contributed by atoms with van der Waals surface area (Å²) in [5.41, 5.74) is 2.03. The minimum atomic E-state index is -3.83. The number of hydrogen-bond donors (Lipinski definition) is 2. The van der Waals surface area contributed by atoms with Crippen molar-refractivity contribution >= 4 is 38.1 Å². The average molecular weight is 424 g/mol. The van der Waals surface area contributed by atoms with Crippen molar-refractivity contribution in [2.45, 2.75) is 44.0 Å². The van der Waals surface area contributed by atoms with Crippen LogP contribution in [0.2, 0.25) is 0 Å². The van der Waals surface area contributed by atoms with E-state index >= 15 is 0 Å². The zero-order chi connectivity index (χ0) is 20.3. The molecule has 2 heterocycles. The van der Waals surface area contributed by atoms with Gasteiger partial charge in [-0.25, -0.2) is 13.1 Å². The van der Waals surface area contributed by atoms with Crippen molar-refractivity contribution in [3.05, 3.63) is 29.8 Å². The number of carbonyl (C=O) groups is 1. The molecular weight excluding hydrogens is 398 g/mol. The smallest absolute Gasteiger partial charge is 0.270 e. The van der Waals surface area contributed by atoms with Crippen molar-refractivity contribution in [3.8, 4) is 0 Å². The Kier molecular flexibility index (Phi) is 6.31. The lowest BCUT2D eigenvalue weighted by Crippen LogP contribution is -2.34. The van der Waals surface area contributed by atoms with Gasteiger partial charge in [0.2, 0.25) is 15.4 Å². The molecule has 2 atom stereocenters. The highest BCUT2D eigenvalue weighted by molar-refractivity contribution is 7.91. The summed E-state index contributed by atoms with van der Waals surface area (Å²) in [5.74, 6) is 0.359. The molecule has 2 N–H and O–H groups in total. The summed E-state index contributed by atoms with van der Waals surface area (Å²) in [5, 5.41) is 9.94. The molecule has 1 amide bonds. The summed E-state index contributed by atoms with van der Waals surface area (Å²) in [6, 6.07) is 7.55. The molecule has 10 heteroatoms. The first-order valence-corrected chi connectivity index (χ1v) is 11.5. The molecule has 1 aromatic carbocycles. The lowest BCUT2D eigenvalue weighted by Gasteiger charge is -2.33. The molecule has 1 saturated heterocycles. The third-order valence-corrected chi connectivity index (χ3v) is 7.41. The predicted octanol–water partition coefficient (Wildman–Crippen LogP) is 2.77. The molecule has 1 aliphatic heterocycles. The molecule has 152 valence electrons. The van der Waals surface area contributed by atoms with Gasteiger partial charge in [0.25, 0.3) is 10.0 Å². The maximum absolute atomic E-state index is 12.5. The maximum Gasteiger partial charge on any atom is 0.270 e. The molecule has 0 aliphatic carbocycles. The summed E-state index contributed by atoms with van der Waals surface area (Å²) in [6.45, 7) is 7.48. The van der Waals surface area contributed by atoms with E-state index < -0.39 is 16.1 Å². The number of hydrogen-bond acceptors (Lipinski definition) is 7. The molecule has 0 saturated carbocycles. The van der Waals surface area contributed by atoms with Crippen LogP contribution in [0.3, 0.4) is 0 Å². The van der Waals surface area contributed by atoms with E-state index in [1.165, 1.54) is 19.8 Å². The first-order chi connectivity index (χ1) is 13.2. The summed E-state index contributed by atoms with van der Waals surface area (Å²) in [4.78, 5) is 13.4. The number of carbonyl (C=O) groups excluding carboxylic acids is 1. The van der Waals surface area contributed by atoms with Gasteiger partial charge in [-0.3, -0.25) is 4.79 Å². The number of amides is 1. The molecule has 0 radical (unpaired) electrons. The largest absolute Gasteiger partial charge is 0.371 e. The molecule has 1 fully saturated rings. The Hall–Kier alpha value is -2.04. The van der Waals surface area contributed by atoms with E-state index in [1.54, 1.807) is 6.92 Å². The fraction of sp³-hybridized carbons (Fsp3) is 0.500. The quantitative estimate of drug-likeness (QED) is 0.693. The highest BCUT2D eigenvalue weighted by atomic mass is 32.2. The number of piperidine rings is 1. The second kappa shape index (κ2) is 8.54. The van der Waals surface area contributed by atoms with E-state index in [2.05, 4.69) is 32.1 Å². The van der Waals surface area contributed by atoms with Crippen molar-refractivity contribution in [2.75, 3.05) is 23.3 Å². The van der Waals surface area contributed by atoms with Crippen LogP contribution < -0.4 is 14.9 Å². The van der Waals surface area contributed by atoms with E-state index in [-0.39, 0.29) is 15.4 Å². The Bertz CT molecular complexity index is 927. The monoisotopic (exact) mass is 423 g/mol. The third kappa shape index (κ3) is 5.06. The van der Waals surface area contributed by atoms with Crippen LogP contribution in [0.5, 0.6) is 0 Å². The second-order valence-corrected chi connectivity index (χ2v) is 10.0. The van der Waals surface area contributed by atoms with Crippen molar-refractivity contribution < 1.29 is 13.2 Å². The van der Waals surface area contributed by atoms with Crippen molar-refractivity contribution in [1.29, 1.82) is 0 Å². The lowest BCUT2D eigenvalue weighted by molar-refractivity contribution is -0.114. The Morgan fingerprint density at radius 1 is 1.29 bits per heavy atom. The van der Waals surface area contributed by atoms with Gasteiger partial charge in [0, 0.05) is 31.7 Å². The number of sulfonamides is 1. The molecule has 3 rings (SSSR count). The lowest BCUT2D eigenvalue weighted by atomic mass is 9.99. The van der Waals surface area contributed by atoms with Gasteiger partial charge in [0.1, 0.15) is 0 Å². The Morgan fingerprint density at radius 2 is 2.00 bits per heavy atom. The predicted molar refractivity (Wildman–Crippen MR) is 110 cm³/mol. The van der Waals surface area contributed by atoms with Crippen LogP contribution in [0.4, 0.5) is 10.8 Å². The maximum atomic E-state index is 12.5. The fourth-order valence-electron chi connectivity index (χ4n) is 3.27. The summed E-state index contributed by atoms with van der Waals surface area (Å²) in [7, 11) is -3.83. The summed E-state index contributed by atoms with van der Waals surface area (Å²) in [6.07, 6.45) is 2.46. The number of rotatable bonds is 6. The van der Waals surface area contributed by atoms with E-state index in [0.717, 1.165) is 35.7 Å². The van der Waals surface area contributed by atoms with Crippen molar-refractivity contribution in [3.63, 3.8) is 0 Å². The molecule has 1 aromatic heterocycles.